The number of aryl methyl sites for hydroxylation is 1. The summed E-state index contributed by atoms with van der Waals surface area (Å²) in [5.41, 5.74) is 2.61. The van der Waals surface area contributed by atoms with Gasteiger partial charge in [-0.15, -0.1) is 0 Å². The first-order valence-electron chi connectivity index (χ1n) is 8.91. The van der Waals surface area contributed by atoms with Crippen LogP contribution in [-0.4, -0.2) is 33.8 Å². The van der Waals surface area contributed by atoms with Crippen molar-refractivity contribution >= 4 is 11.6 Å². The third-order valence-electron chi connectivity index (χ3n) is 5.03. The zero-order chi connectivity index (χ0) is 17.6. The topological polar surface area (TPSA) is 50.6 Å². The number of hydrogen-bond acceptors (Lipinski definition) is 5. The summed E-state index contributed by atoms with van der Waals surface area (Å²) >= 11 is 0. The van der Waals surface area contributed by atoms with Crippen LogP contribution in [0.2, 0.25) is 0 Å². The first kappa shape index (κ1) is 16.1. The van der Waals surface area contributed by atoms with Crippen LogP contribution < -0.4 is 15.2 Å². The second-order valence-corrected chi connectivity index (χ2v) is 6.81. The van der Waals surface area contributed by atoms with Crippen molar-refractivity contribution < 1.29 is 4.74 Å². The summed E-state index contributed by atoms with van der Waals surface area (Å²) in [6.45, 7) is 7.77. The molecule has 4 rings (SSSR count). The highest BCUT2D eigenvalue weighted by atomic mass is 16.5. The summed E-state index contributed by atoms with van der Waals surface area (Å²) in [7, 11) is 0. The molecule has 1 saturated carbocycles. The largest absolute Gasteiger partial charge is 0.494 e. The molecule has 6 nitrogen and oxygen atoms in total. The highest BCUT2D eigenvalue weighted by Gasteiger charge is 2.35. The summed E-state index contributed by atoms with van der Waals surface area (Å²) in [5.74, 6) is 1.59. The zero-order valence-electron chi connectivity index (χ0n) is 15.0. The van der Waals surface area contributed by atoms with Gasteiger partial charge in [0.25, 0.3) is 5.56 Å². The molecule has 0 N–H and O–H groups in total. The van der Waals surface area contributed by atoms with E-state index in [1.54, 1.807) is 4.57 Å². The van der Waals surface area contributed by atoms with Crippen LogP contribution in [0.1, 0.15) is 31.0 Å². The predicted octanol–water partition coefficient (Wildman–Crippen LogP) is 2.79. The Morgan fingerprint density at radius 2 is 1.88 bits per heavy atom. The fraction of sp³-hybridized carbons (Fsp3) is 0.474. The van der Waals surface area contributed by atoms with Crippen molar-refractivity contribution in [2.75, 3.05) is 18.2 Å². The Bertz CT molecular complexity index is 840. The van der Waals surface area contributed by atoms with Crippen molar-refractivity contribution in [2.24, 2.45) is 0 Å². The zero-order valence-corrected chi connectivity index (χ0v) is 15.0. The highest BCUT2D eigenvalue weighted by molar-refractivity contribution is 5.59. The Kier molecular flexibility index (Phi) is 4.00. The number of rotatable bonds is 4. The van der Waals surface area contributed by atoms with Crippen LogP contribution in [0, 0.1) is 13.8 Å². The van der Waals surface area contributed by atoms with Crippen molar-refractivity contribution in [3.63, 3.8) is 0 Å². The van der Waals surface area contributed by atoms with E-state index >= 15 is 0 Å². The van der Waals surface area contributed by atoms with Crippen molar-refractivity contribution in [2.45, 2.75) is 46.3 Å². The Balaban J connectivity index is 1.77. The molecule has 132 valence electrons. The summed E-state index contributed by atoms with van der Waals surface area (Å²) in [4.78, 5) is 22.0. The van der Waals surface area contributed by atoms with Crippen LogP contribution in [-0.2, 0) is 6.67 Å². The van der Waals surface area contributed by atoms with E-state index in [4.69, 9.17) is 9.72 Å². The van der Waals surface area contributed by atoms with Crippen molar-refractivity contribution in [1.29, 1.82) is 0 Å². The maximum atomic E-state index is 12.8. The van der Waals surface area contributed by atoms with Crippen LogP contribution in [0.3, 0.4) is 0 Å². The molecule has 2 aliphatic rings. The van der Waals surface area contributed by atoms with Gasteiger partial charge in [0.15, 0.2) is 0 Å². The van der Waals surface area contributed by atoms with E-state index in [1.807, 2.05) is 45.0 Å². The molecule has 0 amide bonds. The standard InChI is InChI=1S/C19H24N4O2/c1-4-25-17-9-7-16(8-10-17)22-11-21(15-5-6-15)12-23-18(24)13(2)14(3)20-19(22)23/h7-10,15H,4-6,11-12H2,1-3H3. The Morgan fingerprint density at radius 3 is 2.52 bits per heavy atom. The molecule has 0 bridgehead atoms. The number of anilines is 2. The molecule has 1 aromatic carbocycles. The number of aromatic nitrogens is 2. The Labute approximate surface area is 147 Å². The first-order chi connectivity index (χ1) is 12.1. The van der Waals surface area contributed by atoms with Gasteiger partial charge in [-0.2, -0.15) is 0 Å². The minimum Gasteiger partial charge on any atom is -0.494 e. The first-order valence-corrected chi connectivity index (χ1v) is 8.91. The molecular formula is C19H24N4O2. The summed E-state index contributed by atoms with van der Waals surface area (Å²) in [6.07, 6.45) is 2.42. The van der Waals surface area contributed by atoms with Crippen LogP contribution in [0.5, 0.6) is 5.75 Å². The minimum absolute atomic E-state index is 0.0591. The fourth-order valence-corrected chi connectivity index (χ4v) is 3.30. The third-order valence-corrected chi connectivity index (χ3v) is 5.03. The lowest BCUT2D eigenvalue weighted by molar-refractivity contribution is 0.188. The molecule has 6 heteroatoms. The molecule has 2 aromatic rings. The normalized spacial score (nSPS) is 17.5. The quantitative estimate of drug-likeness (QED) is 0.857. The molecule has 2 heterocycles. The molecule has 1 aliphatic heterocycles. The van der Waals surface area contributed by atoms with Gasteiger partial charge in [0.05, 0.1) is 19.9 Å². The van der Waals surface area contributed by atoms with E-state index in [0.29, 0.717) is 19.3 Å². The van der Waals surface area contributed by atoms with Gasteiger partial charge in [0, 0.05) is 23.0 Å². The van der Waals surface area contributed by atoms with Gasteiger partial charge in [-0.25, -0.2) is 4.98 Å². The number of nitrogens with zero attached hydrogens (tertiary/aromatic N) is 4. The molecule has 0 atom stereocenters. The monoisotopic (exact) mass is 340 g/mol. The maximum absolute atomic E-state index is 12.8. The van der Waals surface area contributed by atoms with Crippen LogP contribution in [0.15, 0.2) is 29.1 Å². The molecule has 0 radical (unpaired) electrons. The molecular weight excluding hydrogens is 316 g/mol. The number of fused-ring (bicyclic) bond motifs is 1. The second kappa shape index (κ2) is 6.19. The smallest absolute Gasteiger partial charge is 0.259 e. The van der Waals surface area contributed by atoms with Gasteiger partial charge in [0.1, 0.15) is 5.75 Å². The Morgan fingerprint density at radius 1 is 1.16 bits per heavy atom. The highest BCUT2D eigenvalue weighted by Crippen LogP contribution is 2.34. The molecule has 0 unspecified atom stereocenters. The molecule has 0 spiro atoms. The number of benzene rings is 1. The second-order valence-electron chi connectivity index (χ2n) is 6.81. The van der Waals surface area contributed by atoms with E-state index in [-0.39, 0.29) is 5.56 Å². The van der Waals surface area contributed by atoms with Crippen molar-refractivity contribution in [3.05, 3.63) is 45.9 Å². The lowest BCUT2D eigenvalue weighted by atomic mass is 10.2. The average Bonchev–Trinajstić information content (AvgIpc) is 3.45. The van der Waals surface area contributed by atoms with Gasteiger partial charge >= 0.3 is 0 Å². The molecule has 1 aliphatic carbocycles. The van der Waals surface area contributed by atoms with Crippen molar-refractivity contribution in [3.8, 4) is 5.75 Å². The SMILES string of the molecule is CCOc1ccc(N2CN(C3CC3)Cn3c2nc(C)c(C)c3=O)cc1. The Hall–Kier alpha value is -2.34. The average molecular weight is 340 g/mol. The molecule has 0 saturated heterocycles. The summed E-state index contributed by atoms with van der Waals surface area (Å²) in [5, 5.41) is 0. The number of ether oxygens (including phenoxy) is 1. The molecule has 1 fully saturated rings. The summed E-state index contributed by atoms with van der Waals surface area (Å²) < 4.78 is 7.35. The van der Waals surface area contributed by atoms with Gasteiger partial charge in [-0.3, -0.25) is 19.2 Å². The van der Waals surface area contributed by atoms with Gasteiger partial charge < -0.3 is 4.74 Å². The third kappa shape index (κ3) is 2.91. The fourth-order valence-electron chi connectivity index (χ4n) is 3.30. The van der Waals surface area contributed by atoms with Crippen LogP contribution >= 0.6 is 0 Å². The minimum atomic E-state index is 0.0591. The maximum Gasteiger partial charge on any atom is 0.259 e. The van der Waals surface area contributed by atoms with E-state index in [1.165, 1.54) is 12.8 Å². The van der Waals surface area contributed by atoms with Crippen LogP contribution in [0.25, 0.3) is 0 Å². The van der Waals surface area contributed by atoms with Crippen molar-refractivity contribution in [1.82, 2.24) is 14.5 Å². The number of hydrogen-bond donors (Lipinski definition) is 0. The van der Waals surface area contributed by atoms with Gasteiger partial charge in [0.2, 0.25) is 5.95 Å². The van der Waals surface area contributed by atoms with E-state index in [9.17, 15) is 4.79 Å². The lowest BCUT2D eigenvalue weighted by Crippen LogP contribution is -2.48. The van der Waals surface area contributed by atoms with E-state index in [2.05, 4.69) is 9.80 Å². The molecule has 1 aromatic heterocycles. The lowest BCUT2D eigenvalue weighted by Gasteiger charge is -2.38. The predicted molar refractivity (Wildman–Crippen MR) is 97.4 cm³/mol. The summed E-state index contributed by atoms with van der Waals surface area (Å²) in [6, 6.07) is 8.59. The van der Waals surface area contributed by atoms with E-state index in [0.717, 1.165) is 35.3 Å². The van der Waals surface area contributed by atoms with E-state index < -0.39 is 0 Å². The van der Waals surface area contributed by atoms with Gasteiger partial charge in [-0.05, 0) is 57.9 Å². The van der Waals surface area contributed by atoms with Crippen LogP contribution in [0.4, 0.5) is 11.6 Å². The molecule has 25 heavy (non-hydrogen) atoms. The van der Waals surface area contributed by atoms with Gasteiger partial charge in [-0.1, -0.05) is 0 Å².